The molecule has 1 aliphatic heterocycles. The highest BCUT2D eigenvalue weighted by Crippen LogP contribution is 2.19. The highest BCUT2D eigenvalue weighted by Gasteiger charge is 2.15. The SMILES string of the molecule is O=C(O)c1cccc2nc(N3CCOCC3)ncc12. The summed E-state index contributed by atoms with van der Waals surface area (Å²) in [5.41, 5.74) is 0.877. The first kappa shape index (κ1) is 11.9. The van der Waals surface area contributed by atoms with E-state index in [2.05, 4.69) is 9.97 Å². The highest BCUT2D eigenvalue weighted by atomic mass is 16.5. The quantitative estimate of drug-likeness (QED) is 0.872. The van der Waals surface area contributed by atoms with E-state index in [9.17, 15) is 4.79 Å². The van der Waals surface area contributed by atoms with Gasteiger partial charge in [-0.15, -0.1) is 0 Å². The fourth-order valence-corrected chi connectivity index (χ4v) is 2.15. The number of carboxylic acid groups (broad SMARTS) is 1. The zero-order chi connectivity index (χ0) is 13.2. The Morgan fingerprint density at radius 3 is 2.84 bits per heavy atom. The monoisotopic (exact) mass is 259 g/mol. The van der Waals surface area contributed by atoms with E-state index in [4.69, 9.17) is 9.84 Å². The van der Waals surface area contributed by atoms with Crippen molar-refractivity contribution in [2.24, 2.45) is 0 Å². The van der Waals surface area contributed by atoms with Crippen LogP contribution in [0.5, 0.6) is 0 Å². The summed E-state index contributed by atoms with van der Waals surface area (Å²) in [5, 5.41) is 9.68. The van der Waals surface area contributed by atoms with E-state index in [1.165, 1.54) is 0 Å². The molecule has 6 nitrogen and oxygen atoms in total. The molecule has 3 rings (SSSR count). The van der Waals surface area contributed by atoms with Crippen LogP contribution in [0, 0.1) is 0 Å². The average Bonchev–Trinajstić information content (AvgIpc) is 2.47. The standard InChI is InChI=1S/C13H13N3O3/c17-12(18)9-2-1-3-11-10(9)8-14-13(15-11)16-4-6-19-7-5-16/h1-3,8H,4-7H2,(H,17,18). The van der Waals surface area contributed by atoms with Gasteiger partial charge in [0.25, 0.3) is 0 Å². The number of carbonyl (C=O) groups is 1. The van der Waals surface area contributed by atoms with E-state index in [1.54, 1.807) is 24.4 Å². The van der Waals surface area contributed by atoms with Crippen molar-refractivity contribution in [2.75, 3.05) is 31.2 Å². The van der Waals surface area contributed by atoms with Gasteiger partial charge in [-0.25, -0.2) is 14.8 Å². The Bertz CT molecular complexity index is 624. The van der Waals surface area contributed by atoms with Crippen molar-refractivity contribution < 1.29 is 14.6 Å². The maximum Gasteiger partial charge on any atom is 0.336 e. The first-order chi connectivity index (χ1) is 9.25. The minimum absolute atomic E-state index is 0.228. The molecule has 0 aliphatic carbocycles. The van der Waals surface area contributed by atoms with Gasteiger partial charge >= 0.3 is 5.97 Å². The zero-order valence-corrected chi connectivity index (χ0v) is 10.2. The lowest BCUT2D eigenvalue weighted by atomic mass is 10.1. The number of anilines is 1. The van der Waals surface area contributed by atoms with Crippen LogP contribution in [-0.4, -0.2) is 47.3 Å². The molecule has 0 amide bonds. The summed E-state index contributed by atoms with van der Waals surface area (Å²) in [6.45, 7) is 2.83. The van der Waals surface area contributed by atoms with Crippen molar-refractivity contribution in [2.45, 2.75) is 0 Å². The van der Waals surface area contributed by atoms with Crippen LogP contribution in [0.4, 0.5) is 5.95 Å². The molecular weight excluding hydrogens is 246 g/mol. The molecule has 1 N–H and O–H groups in total. The van der Waals surface area contributed by atoms with Gasteiger partial charge < -0.3 is 14.7 Å². The third-order valence-corrected chi connectivity index (χ3v) is 3.14. The second-order valence-electron chi connectivity index (χ2n) is 4.31. The topological polar surface area (TPSA) is 75.5 Å². The summed E-state index contributed by atoms with van der Waals surface area (Å²) in [4.78, 5) is 21.9. The van der Waals surface area contributed by atoms with Gasteiger partial charge in [-0.2, -0.15) is 0 Å². The van der Waals surface area contributed by atoms with Crippen LogP contribution in [-0.2, 0) is 4.74 Å². The largest absolute Gasteiger partial charge is 0.478 e. The predicted molar refractivity (Wildman–Crippen MR) is 69.5 cm³/mol. The van der Waals surface area contributed by atoms with E-state index in [0.717, 1.165) is 13.1 Å². The van der Waals surface area contributed by atoms with Crippen LogP contribution in [0.3, 0.4) is 0 Å². The van der Waals surface area contributed by atoms with Gasteiger partial charge in [-0.1, -0.05) is 6.07 Å². The third kappa shape index (κ3) is 2.22. The fraction of sp³-hybridized carbons (Fsp3) is 0.308. The Morgan fingerprint density at radius 2 is 2.11 bits per heavy atom. The number of aromatic nitrogens is 2. The van der Waals surface area contributed by atoms with Crippen LogP contribution in [0.25, 0.3) is 10.9 Å². The Morgan fingerprint density at radius 1 is 1.32 bits per heavy atom. The van der Waals surface area contributed by atoms with Crippen molar-refractivity contribution in [3.8, 4) is 0 Å². The minimum atomic E-state index is -0.965. The summed E-state index contributed by atoms with van der Waals surface area (Å²) < 4.78 is 5.28. The molecular formula is C13H13N3O3. The van der Waals surface area contributed by atoms with Crippen molar-refractivity contribution in [1.82, 2.24) is 9.97 Å². The van der Waals surface area contributed by atoms with Gasteiger partial charge in [0.2, 0.25) is 5.95 Å². The summed E-state index contributed by atoms with van der Waals surface area (Å²) in [6.07, 6.45) is 1.58. The van der Waals surface area contributed by atoms with Crippen LogP contribution < -0.4 is 4.90 Å². The Hall–Kier alpha value is -2.21. The summed E-state index contributed by atoms with van der Waals surface area (Å²) >= 11 is 0. The number of nitrogens with zero attached hydrogens (tertiary/aromatic N) is 3. The van der Waals surface area contributed by atoms with E-state index in [1.807, 2.05) is 4.90 Å². The molecule has 1 aromatic heterocycles. The summed E-state index contributed by atoms with van der Waals surface area (Å²) in [6, 6.07) is 5.05. The second kappa shape index (κ2) is 4.81. The molecule has 0 unspecified atom stereocenters. The fourth-order valence-electron chi connectivity index (χ4n) is 2.15. The number of hydrogen-bond donors (Lipinski definition) is 1. The molecule has 1 aliphatic rings. The number of carboxylic acids is 1. The molecule has 1 fully saturated rings. The van der Waals surface area contributed by atoms with E-state index >= 15 is 0 Å². The second-order valence-corrected chi connectivity index (χ2v) is 4.31. The van der Waals surface area contributed by atoms with Gasteiger partial charge in [-0.3, -0.25) is 0 Å². The summed E-state index contributed by atoms with van der Waals surface area (Å²) in [5.74, 6) is -0.341. The van der Waals surface area contributed by atoms with E-state index in [0.29, 0.717) is 30.1 Å². The zero-order valence-electron chi connectivity index (χ0n) is 10.2. The first-order valence-corrected chi connectivity index (χ1v) is 6.07. The number of aromatic carboxylic acids is 1. The van der Waals surface area contributed by atoms with E-state index in [-0.39, 0.29) is 5.56 Å². The van der Waals surface area contributed by atoms with Gasteiger partial charge in [0.05, 0.1) is 24.3 Å². The Kier molecular flexibility index (Phi) is 3.00. The molecule has 1 aromatic carbocycles. The smallest absolute Gasteiger partial charge is 0.336 e. The van der Waals surface area contributed by atoms with Crippen LogP contribution in [0.15, 0.2) is 24.4 Å². The maximum absolute atomic E-state index is 11.1. The lowest BCUT2D eigenvalue weighted by Gasteiger charge is -2.26. The van der Waals surface area contributed by atoms with Gasteiger partial charge in [0.1, 0.15) is 0 Å². The van der Waals surface area contributed by atoms with E-state index < -0.39 is 5.97 Å². The summed E-state index contributed by atoms with van der Waals surface area (Å²) in [7, 11) is 0. The third-order valence-electron chi connectivity index (χ3n) is 3.14. The molecule has 98 valence electrons. The molecule has 0 atom stereocenters. The number of hydrogen-bond acceptors (Lipinski definition) is 5. The number of fused-ring (bicyclic) bond motifs is 1. The lowest BCUT2D eigenvalue weighted by Crippen LogP contribution is -2.37. The van der Waals surface area contributed by atoms with Crippen molar-refractivity contribution in [3.05, 3.63) is 30.0 Å². The van der Waals surface area contributed by atoms with Crippen molar-refractivity contribution in [3.63, 3.8) is 0 Å². The first-order valence-electron chi connectivity index (χ1n) is 6.07. The van der Waals surface area contributed by atoms with Crippen LogP contribution >= 0.6 is 0 Å². The molecule has 0 radical (unpaired) electrons. The van der Waals surface area contributed by atoms with Gasteiger partial charge in [-0.05, 0) is 12.1 Å². The lowest BCUT2D eigenvalue weighted by molar-refractivity contribution is 0.0699. The molecule has 2 aromatic rings. The van der Waals surface area contributed by atoms with Gasteiger partial charge in [0.15, 0.2) is 0 Å². The maximum atomic E-state index is 11.1. The van der Waals surface area contributed by atoms with Crippen LogP contribution in [0.1, 0.15) is 10.4 Å². The average molecular weight is 259 g/mol. The van der Waals surface area contributed by atoms with Crippen molar-refractivity contribution in [1.29, 1.82) is 0 Å². The number of rotatable bonds is 2. The molecule has 19 heavy (non-hydrogen) atoms. The van der Waals surface area contributed by atoms with Crippen LogP contribution in [0.2, 0.25) is 0 Å². The molecule has 0 bridgehead atoms. The minimum Gasteiger partial charge on any atom is -0.478 e. The van der Waals surface area contributed by atoms with Crippen molar-refractivity contribution >= 4 is 22.8 Å². The van der Waals surface area contributed by atoms with Gasteiger partial charge in [0, 0.05) is 24.7 Å². The molecule has 1 saturated heterocycles. The molecule has 2 heterocycles. The molecule has 0 spiro atoms. The molecule has 6 heteroatoms. The highest BCUT2D eigenvalue weighted by molar-refractivity contribution is 6.02. The molecule has 0 saturated carbocycles. The predicted octanol–water partition coefficient (Wildman–Crippen LogP) is 1.16. The normalized spacial score (nSPS) is 15.7. The Labute approximate surface area is 109 Å². The Balaban J connectivity index is 2.04. The number of ether oxygens (including phenoxy) is 1. The number of benzene rings is 1. The number of morpholine rings is 1.